The second-order valence-corrected chi connectivity index (χ2v) is 4.97. The maximum atomic E-state index is 5.44. The van der Waals surface area contributed by atoms with E-state index < -0.39 is 0 Å². The van der Waals surface area contributed by atoms with Crippen molar-refractivity contribution in [3.8, 4) is 0 Å². The van der Waals surface area contributed by atoms with Crippen molar-refractivity contribution >= 4 is 6.01 Å². The highest BCUT2D eigenvalue weighted by Crippen LogP contribution is 2.24. The van der Waals surface area contributed by atoms with Gasteiger partial charge in [-0.15, -0.1) is 5.10 Å². The molecule has 0 N–H and O–H groups in total. The molecule has 7 heteroatoms. The van der Waals surface area contributed by atoms with Gasteiger partial charge in [0.1, 0.15) is 0 Å². The van der Waals surface area contributed by atoms with Crippen molar-refractivity contribution < 1.29 is 8.94 Å². The van der Waals surface area contributed by atoms with Crippen LogP contribution in [0.4, 0.5) is 6.01 Å². The molecule has 19 heavy (non-hydrogen) atoms. The molecule has 7 nitrogen and oxygen atoms in total. The van der Waals surface area contributed by atoms with E-state index in [0.29, 0.717) is 23.7 Å². The molecule has 0 aliphatic carbocycles. The van der Waals surface area contributed by atoms with E-state index in [2.05, 4.69) is 25.2 Å². The molecular formula is C12H17N5O2. The normalized spacial score (nSPS) is 17.1. The third-order valence-electron chi connectivity index (χ3n) is 3.44. The van der Waals surface area contributed by atoms with Crippen LogP contribution >= 0.6 is 0 Å². The summed E-state index contributed by atoms with van der Waals surface area (Å²) < 4.78 is 10.4. The number of rotatable bonds is 3. The highest BCUT2D eigenvalue weighted by molar-refractivity contribution is 5.24. The van der Waals surface area contributed by atoms with Crippen LogP contribution in [0, 0.1) is 19.8 Å². The smallest absolute Gasteiger partial charge is 0.318 e. The molecule has 0 saturated carbocycles. The molecule has 1 saturated heterocycles. The predicted octanol–water partition coefficient (Wildman–Crippen LogP) is 1.53. The van der Waals surface area contributed by atoms with Crippen molar-refractivity contribution in [3.05, 3.63) is 17.6 Å². The van der Waals surface area contributed by atoms with E-state index in [1.54, 1.807) is 0 Å². The minimum Gasteiger partial charge on any atom is -0.408 e. The maximum Gasteiger partial charge on any atom is 0.318 e. The molecule has 2 aromatic rings. The Labute approximate surface area is 111 Å². The van der Waals surface area contributed by atoms with E-state index in [9.17, 15) is 0 Å². The monoisotopic (exact) mass is 263 g/mol. The molecule has 0 unspecified atom stereocenters. The van der Waals surface area contributed by atoms with E-state index in [1.807, 2.05) is 13.8 Å². The average molecular weight is 263 g/mol. The van der Waals surface area contributed by atoms with Crippen molar-refractivity contribution in [1.82, 2.24) is 20.3 Å². The van der Waals surface area contributed by atoms with E-state index in [4.69, 9.17) is 8.94 Å². The topological polar surface area (TPSA) is 81.1 Å². The van der Waals surface area contributed by atoms with Gasteiger partial charge >= 0.3 is 6.01 Å². The Bertz CT molecular complexity index is 542. The lowest BCUT2D eigenvalue weighted by molar-refractivity contribution is 0.359. The van der Waals surface area contributed by atoms with Crippen molar-refractivity contribution in [2.75, 3.05) is 18.0 Å². The number of anilines is 1. The first-order valence-electron chi connectivity index (χ1n) is 6.55. The van der Waals surface area contributed by atoms with Gasteiger partial charge in [-0.05, 0) is 18.8 Å². The number of aromatic nitrogens is 4. The van der Waals surface area contributed by atoms with Gasteiger partial charge < -0.3 is 13.8 Å². The second kappa shape index (κ2) is 4.99. The Morgan fingerprint density at radius 1 is 1.16 bits per heavy atom. The van der Waals surface area contributed by atoms with Crippen molar-refractivity contribution in [2.45, 2.75) is 33.1 Å². The van der Waals surface area contributed by atoms with Gasteiger partial charge in [-0.25, -0.2) is 0 Å². The minimum absolute atomic E-state index is 0.595. The SMILES string of the molecule is Cc1nc(CC2CCN(c3nnc(C)o3)CC2)no1. The highest BCUT2D eigenvalue weighted by atomic mass is 16.5. The van der Waals surface area contributed by atoms with Crippen LogP contribution in [0.2, 0.25) is 0 Å². The number of piperidine rings is 1. The van der Waals surface area contributed by atoms with Crippen LogP contribution < -0.4 is 4.90 Å². The summed E-state index contributed by atoms with van der Waals surface area (Å²) in [7, 11) is 0. The van der Waals surface area contributed by atoms with Crippen LogP contribution in [0.15, 0.2) is 8.94 Å². The molecular weight excluding hydrogens is 246 g/mol. The molecule has 0 aromatic carbocycles. The fourth-order valence-corrected chi connectivity index (χ4v) is 2.42. The maximum absolute atomic E-state index is 5.44. The third-order valence-corrected chi connectivity index (χ3v) is 3.44. The van der Waals surface area contributed by atoms with Gasteiger partial charge in [-0.1, -0.05) is 10.3 Å². The molecule has 1 aliphatic heterocycles. The van der Waals surface area contributed by atoms with Gasteiger partial charge in [0.15, 0.2) is 5.82 Å². The Balaban J connectivity index is 1.54. The standard InChI is InChI=1S/C12H17N5O2/c1-8-13-11(16-19-8)7-10-3-5-17(6-4-10)12-15-14-9(2)18-12/h10H,3-7H2,1-2H3. The number of nitrogens with zero attached hydrogens (tertiary/aromatic N) is 5. The molecule has 0 bridgehead atoms. The zero-order valence-electron chi connectivity index (χ0n) is 11.2. The molecule has 0 spiro atoms. The van der Waals surface area contributed by atoms with Crippen LogP contribution in [0.25, 0.3) is 0 Å². The van der Waals surface area contributed by atoms with Crippen LogP contribution in [-0.2, 0) is 6.42 Å². The molecule has 3 heterocycles. The first-order chi connectivity index (χ1) is 9.20. The lowest BCUT2D eigenvalue weighted by atomic mass is 9.93. The summed E-state index contributed by atoms with van der Waals surface area (Å²) in [6.07, 6.45) is 3.04. The summed E-state index contributed by atoms with van der Waals surface area (Å²) in [5.41, 5.74) is 0. The number of hydrogen-bond donors (Lipinski definition) is 0. The number of aryl methyl sites for hydroxylation is 2. The van der Waals surface area contributed by atoms with Crippen molar-refractivity contribution in [1.29, 1.82) is 0 Å². The largest absolute Gasteiger partial charge is 0.408 e. The van der Waals surface area contributed by atoms with E-state index in [1.165, 1.54) is 0 Å². The quantitative estimate of drug-likeness (QED) is 0.830. The van der Waals surface area contributed by atoms with Gasteiger partial charge in [0.25, 0.3) is 0 Å². The van der Waals surface area contributed by atoms with Gasteiger partial charge in [-0.2, -0.15) is 4.98 Å². The summed E-state index contributed by atoms with van der Waals surface area (Å²) in [4.78, 5) is 6.39. The van der Waals surface area contributed by atoms with Gasteiger partial charge in [-0.3, -0.25) is 0 Å². The molecule has 0 atom stereocenters. The Hall–Kier alpha value is -1.92. The van der Waals surface area contributed by atoms with Crippen molar-refractivity contribution in [2.24, 2.45) is 5.92 Å². The van der Waals surface area contributed by atoms with Gasteiger partial charge in [0, 0.05) is 33.4 Å². The molecule has 102 valence electrons. The fraction of sp³-hybridized carbons (Fsp3) is 0.667. The number of hydrogen-bond acceptors (Lipinski definition) is 7. The van der Waals surface area contributed by atoms with E-state index in [0.717, 1.165) is 38.2 Å². The highest BCUT2D eigenvalue weighted by Gasteiger charge is 2.23. The Morgan fingerprint density at radius 2 is 1.95 bits per heavy atom. The van der Waals surface area contributed by atoms with Crippen LogP contribution in [0.3, 0.4) is 0 Å². The lowest BCUT2D eigenvalue weighted by Gasteiger charge is -2.29. The molecule has 1 fully saturated rings. The molecule has 1 aliphatic rings. The summed E-state index contributed by atoms with van der Waals surface area (Å²) in [6, 6.07) is 0.631. The average Bonchev–Trinajstić information content (AvgIpc) is 3.00. The Morgan fingerprint density at radius 3 is 2.53 bits per heavy atom. The fourth-order valence-electron chi connectivity index (χ4n) is 2.42. The van der Waals surface area contributed by atoms with Gasteiger partial charge in [0.2, 0.25) is 11.8 Å². The summed E-state index contributed by atoms with van der Waals surface area (Å²) in [5.74, 6) is 2.65. The van der Waals surface area contributed by atoms with E-state index >= 15 is 0 Å². The first kappa shape index (κ1) is 12.1. The zero-order valence-corrected chi connectivity index (χ0v) is 11.2. The Kier molecular flexibility index (Phi) is 3.18. The van der Waals surface area contributed by atoms with Gasteiger partial charge in [0.05, 0.1) is 0 Å². The van der Waals surface area contributed by atoms with E-state index in [-0.39, 0.29) is 0 Å². The van der Waals surface area contributed by atoms with Crippen LogP contribution in [-0.4, -0.2) is 33.4 Å². The molecule has 0 amide bonds. The summed E-state index contributed by atoms with van der Waals surface area (Å²) >= 11 is 0. The van der Waals surface area contributed by atoms with Crippen LogP contribution in [0.5, 0.6) is 0 Å². The summed E-state index contributed by atoms with van der Waals surface area (Å²) in [5, 5.41) is 11.9. The predicted molar refractivity (Wildman–Crippen MR) is 66.7 cm³/mol. The molecule has 0 radical (unpaired) electrons. The third kappa shape index (κ3) is 2.74. The molecule has 3 rings (SSSR count). The first-order valence-corrected chi connectivity index (χ1v) is 6.55. The van der Waals surface area contributed by atoms with Crippen molar-refractivity contribution in [3.63, 3.8) is 0 Å². The lowest BCUT2D eigenvalue weighted by Crippen LogP contribution is -2.34. The second-order valence-electron chi connectivity index (χ2n) is 4.97. The molecule has 2 aromatic heterocycles. The summed E-state index contributed by atoms with van der Waals surface area (Å²) in [6.45, 7) is 5.49. The minimum atomic E-state index is 0.595. The van der Waals surface area contributed by atoms with Crippen LogP contribution in [0.1, 0.15) is 30.4 Å². The zero-order chi connectivity index (χ0) is 13.2.